The Morgan fingerprint density at radius 3 is 3.00 bits per heavy atom. The molecule has 3 rings (SSSR count). The number of amides is 1. The molecule has 1 N–H and O–H groups in total. The minimum atomic E-state index is 0.0661. The Labute approximate surface area is 121 Å². The van der Waals surface area contributed by atoms with E-state index in [1.54, 1.807) is 23.1 Å². The van der Waals surface area contributed by atoms with E-state index in [4.69, 9.17) is 0 Å². The van der Waals surface area contributed by atoms with E-state index in [1.165, 1.54) is 28.2 Å². The second kappa shape index (κ2) is 5.80. The number of carbonyl (C=O) groups is 1. The summed E-state index contributed by atoms with van der Waals surface area (Å²) in [4.78, 5) is 11.9. The summed E-state index contributed by atoms with van der Waals surface area (Å²) >= 11 is 3.26. The standard InChI is InChI=1S/C15H15NOS2/c17-14(10-19-15-5-2-8-18-15)16-13-7-6-11-3-1-4-12(11)9-13/h2,5-9H,1,3-4,10H2,(H,16,17). The lowest BCUT2D eigenvalue weighted by molar-refractivity contribution is -0.113. The maximum atomic E-state index is 11.9. The van der Waals surface area contributed by atoms with Crippen molar-refractivity contribution in [3.8, 4) is 0 Å². The average molecular weight is 289 g/mol. The van der Waals surface area contributed by atoms with Crippen molar-refractivity contribution in [3.05, 3.63) is 46.8 Å². The topological polar surface area (TPSA) is 29.1 Å². The fourth-order valence-electron chi connectivity index (χ4n) is 2.33. The van der Waals surface area contributed by atoms with Crippen molar-refractivity contribution in [1.29, 1.82) is 0 Å². The third-order valence-corrected chi connectivity index (χ3v) is 5.35. The van der Waals surface area contributed by atoms with Crippen molar-refractivity contribution in [3.63, 3.8) is 0 Å². The predicted molar refractivity (Wildman–Crippen MR) is 82.1 cm³/mol. The highest BCUT2D eigenvalue weighted by molar-refractivity contribution is 8.01. The predicted octanol–water partition coefficient (Wildman–Crippen LogP) is 3.97. The van der Waals surface area contributed by atoms with Crippen molar-refractivity contribution >= 4 is 34.7 Å². The highest BCUT2D eigenvalue weighted by atomic mass is 32.2. The molecular weight excluding hydrogens is 274 g/mol. The largest absolute Gasteiger partial charge is 0.325 e. The molecule has 1 amide bonds. The van der Waals surface area contributed by atoms with Crippen LogP contribution in [0.3, 0.4) is 0 Å². The zero-order valence-corrected chi connectivity index (χ0v) is 12.2. The van der Waals surface area contributed by atoms with Gasteiger partial charge in [0.05, 0.1) is 9.96 Å². The van der Waals surface area contributed by atoms with Gasteiger partial charge in [-0.2, -0.15) is 0 Å². The molecule has 1 aliphatic rings. The number of aryl methyl sites for hydroxylation is 2. The van der Waals surface area contributed by atoms with Crippen LogP contribution in [-0.2, 0) is 17.6 Å². The van der Waals surface area contributed by atoms with E-state index in [2.05, 4.69) is 17.4 Å². The number of thiophene rings is 1. The Hall–Kier alpha value is -1.26. The van der Waals surface area contributed by atoms with Crippen molar-refractivity contribution in [2.45, 2.75) is 23.5 Å². The molecule has 2 aromatic rings. The molecule has 1 heterocycles. The van der Waals surface area contributed by atoms with Crippen LogP contribution in [0, 0.1) is 0 Å². The molecule has 0 unspecified atom stereocenters. The maximum Gasteiger partial charge on any atom is 0.234 e. The minimum absolute atomic E-state index is 0.0661. The zero-order chi connectivity index (χ0) is 13.1. The van der Waals surface area contributed by atoms with E-state index in [9.17, 15) is 4.79 Å². The van der Waals surface area contributed by atoms with Gasteiger partial charge in [0, 0.05) is 5.69 Å². The molecule has 0 radical (unpaired) electrons. The normalized spacial score (nSPS) is 13.3. The fraction of sp³-hybridized carbons (Fsp3) is 0.267. The fourth-order valence-corrected chi connectivity index (χ4v) is 3.91. The summed E-state index contributed by atoms with van der Waals surface area (Å²) in [6.07, 6.45) is 3.56. The van der Waals surface area contributed by atoms with Crippen LogP contribution >= 0.6 is 23.1 Å². The maximum absolute atomic E-state index is 11.9. The highest BCUT2D eigenvalue weighted by Gasteiger charge is 2.11. The molecule has 0 spiro atoms. The SMILES string of the molecule is O=C(CSc1cccs1)Nc1ccc2c(c1)CCC2. The van der Waals surface area contributed by atoms with Gasteiger partial charge in [-0.05, 0) is 54.0 Å². The van der Waals surface area contributed by atoms with Crippen molar-refractivity contribution in [2.75, 3.05) is 11.1 Å². The second-order valence-electron chi connectivity index (χ2n) is 4.61. The summed E-state index contributed by atoms with van der Waals surface area (Å²) in [5.74, 6) is 0.536. The quantitative estimate of drug-likeness (QED) is 0.863. The number of carbonyl (C=O) groups excluding carboxylic acids is 1. The molecule has 1 aromatic heterocycles. The zero-order valence-electron chi connectivity index (χ0n) is 10.5. The van der Waals surface area contributed by atoms with Crippen molar-refractivity contribution < 1.29 is 4.79 Å². The number of nitrogens with one attached hydrogen (secondary N) is 1. The van der Waals surface area contributed by atoms with E-state index in [0.717, 1.165) is 12.1 Å². The van der Waals surface area contributed by atoms with Gasteiger partial charge in [0.1, 0.15) is 0 Å². The van der Waals surface area contributed by atoms with Gasteiger partial charge in [0.25, 0.3) is 0 Å². The summed E-state index contributed by atoms with van der Waals surface area (Å²) in [5.41, 5.74) is 3.76. The number of hydrogen-bond donors (Lipinski definition) is 1. The molecule has 0 atom stereocenters. The van der Waals surface area contributed by atoms with E-state index < -0.39 is 0 Å². The third kappa shape index (κ3) is 3.19. The molecule has 0 aliphatic heterocycles. The van der Waals surface area contributed by atoms with Gasteiger partial charge in [0.15, 0.2) is 0 Å². The monoisotopic (exact) mass is 289 g/mol. The van der Waals surface area contributed by atoms with Gasteiger partial charge >= 0.3 is 0 Å². The molecular formula is C15H15NOS2. The Kier molecular flexibility index (Phi) is 3.89. The number of hydrogen-bond acceptors (Lipinski definition) is 3. The van der Waals surface area contributed by atoms with Crippen molar-refractivity contribution in [2.24, 2.45) is 0 Å². The molecule has 0 saturated heterocycles. The molecule has 98 valence electrons. The van der Waals surface area contributed by atoms with Gasteiger partial charge < -0.3 is 5.32 Å². The molecule has 0 fully saturated rings. The van der Waals surface area contributed by atoms with Crippen LogP contribution in [0.15, 0.2) is 39.9 Å². The molecule has 1 aliphatic carbocycles. The molecule has 2 nitrogen and oxygen atoms in total. The molecule has 4 heteroatoms. The van der Waals surface area contributed by atoms with Crippen LogP contribution in [0.5, 0.6) is 0 Å². The lowest BCUT2D eigenvalue weighted by atomic mass is 10.1. The van der Waals surface area contributed by atoms with Crippen LogP contribution in [-0.4, -0.2) is 11.7 Å². The average Bonchev–Trinajstić information content (AvgIpc) is 3.07. The molecule has 0 saturated carbocycles. The third-order valence-electron chi connectivity index (χ3n) is 3.22. The lowest BCUT2D eigenvalue weighted by Gasteiger charge is -2.07. The summed E-state index contributed by atoms with van der Waals surface area (Å²) < 4.78 is 1.18. The first-order valence-corrected chi connectivity index (χ1v) is 8.26. The van der Waals surface area contributed by atoms with Gasteiger partial charge in [0.2, 0.25) is 5.91 Å². The summed E-state index contributed by atoms with van der Waals surface area (Å²) in [6, 6.07) is 10.3. The first kappa shape index (κ1) is 12.8. The van der Waals surface area contributed by atoms with Gasteiger partial charge in [-0.15, -0.1) is 23.1 Å². The van der Waals surface area contributed by atoms with Crippen molar-refractivity contribution in [1.82, 2.24) is 0 Å². The Balaban J connectivity index is 1.57. The number of fused-ring (bicyclic) bond motifs is 1. The van der Waals surface area contributed by atoms with Gasteiger partial charge in [-0.1, -0.05) is 12.1 Å². The number of anilines is 1. The van der Waals surface area contributed by atoms with Crippen LogP contribution in [0.2, 0.25) is 0 Å². The van der Waals surface area contributed by atoms with Crippen LogP contribution in [0.25, 0.3) is 0 Å². The smallest absolute Gasteiger partial charge is 0.234 e. The molecule has 1 aromatic carbocycles. The van der Waals surface area contributed by atoms with E-state index in [-0.39, 0.29) is 5.91 Å². The first-order chi connectivity index (χ1) is 9.31. The number of rotatable bonds is 4. The number of benzene rings is 1. The summed E-state index contributed by atoms with van der Waals surface area (Å²) in [7, 11) is 0. The van der Waals surface area contributed by atoms with E-state index in [1.807, 2.05) is 23.6 Å². The van der Waals surface area contributed by atoms with Crippen LogP contribution in [0.4, 0.5) is 5.69 Å². The molecule has 19 heavy (non-hydrogen) atoms. The van der Waals surface area contributed by atoms with E-state index >= 15 is 0 Å². The second-order valence-corrected chi connectivity index (χ2v) is 6.83. The summed E-state index contributed by atoms with van der Waals surface area (Å²) in [6.45, 7) is 0. The van der Waals surface area contributed by atoms with E-state index in [0.29, 0.717) is 5.75 Å². The highest BCUT2D eigenvalue weighted by Crippen LogP contribution is 2.26. The van der Waals surface area contributed by atoms with Crippen LogP contribution in [0.1, 0.15) is 17.5 Å². The Morgan fingerprint density at radius 2 is 2.16 bits per heavy atom. The Bertz CT molecular complexity index is 578. The van der Waals surface area contributed by atoms with Gasteiger partial charge in [-0.25, -0.2) is 0 Å². The minimum Gasteiger partial charge on any atom is -0.325 e. The lowest BCUT2D eigenvalue weighted by Crippen LogP contribution is -2.14. The molecule has 0 bridgehead atoms. The Morgan fingerprint density at radius 1 is 1.26 bits per heavy atom. The van der Waals surface area contributed by atoms with Gasteiger partial charge in [-0.3, -0.25) is 4.79 Å². The van der Waals surface area contributed by atoms with Crippen LogP contribution < -0.4 is 5.32 Å². The first-order valence-electron chi connectivity index (χ1n) is 6.39. The number of thioether (sulfide) groups is 1. The summed E-state index contributed by atoms with van der Waals surface area (Å²) in [5, 5.41) is 5.01.